The van der Waals surface area contributed by atoms with E-state index in [-0.39, 0.29) is 10.9 Å². The van der Waals surface area contributed by atoms with E-state index in [0.29, 0.717) is 11.6 Å². The molecule has 1 heterocycles. The Hall–Kier alpha value is -1.62. The molecule has 25 heavy (non-hydrogen) atoms. The standard InChI is InChI=1S/C20H32N2O2Si/c1-14(2)12-13-15-10-9-11-16-17(21-24-6)19(23)22(18(15)16)25(7,8)20(3,4)5/h9-11,14H,12-13H2,1-8H3/b21-17-. The van der Waals surface area contributed by atoms with Gasteiger partial charge < -0.3 is 9.40 Å². The Bertz CT molecular complexity index is 687. The summed E-state index contributed by atoms with van der Waals surface area (Å²) in [6.45, 7) is 15.7. The molecule has 0 aliphatic carbocycles. The molecule has 0 spiro atoms. The fourth-order valence-corrected chi connectivity index (χ4v) is 5.17. The highest BCUT2D eigenvalue weighted by Gasteiger charge is 2.50. The Labute approximate surface area is 153 Å². The van der Waals surface area contributed by atoms with E-state index in [0.717, 1.165) is 24.1 Å². The summed E-state index contributed by atoms with van der Waals surface area (Å²) in [6.07, 6.45) is 2.08. The van der Waals surface area contributed by atoms with Gasteiger partial charge in [0.15, 0.2) is 13.9 Å². The van der Waals surface area contributed by atoms with Crippen molar-refractivity contribution < 1.29 is 9.63 Å². The molecular formula is C20H32N2O2Si. The number of hydrogen-bond acceptors (Lipinski definition) is 3. The number of fused-ring (bicyclic) bond motifs is 1. The van der Waals surface area contributed by atoms with Crippen LogP contribution in [-0.2, 0) is 16.1 Å². The van der Waals surface area contributed by atoms with Crippen molar-refractivity contribution in [1.29, 1.82) is 0 Å². The zero-order valence-corrected chi connectivity index (χ0v) is 17.9. The van der Waals surface area contributed by atoms with Gasteiger partial charge in [-0.1, -0.05) is 71.1 Å². The number of oxime groups is 1. The lowest BCUT2D eigenvalue weighted by Gasteiger charge is -2.44. The number of para-hydroxylation sites is 1. The first-order chi connectivity index (χ1) is 11.5. The number of carbonyl (C=O) groups excluding carboxylic acids is 1. The van der Waals surface area contributed by atoms with Gasteiger partial charge in [0.25, 0.3) is 5.91 Å². The molecule has 0 radical (unpaired) electrons. The molecule has 138 valence electrons. The van der Waals surface area contributed by atoms with Gasteiger partial charge in [0.05, 0.1) is 0 Å². The van der Waals surface area contributed by atoms with Gasteiger partial charge >= 0.3 is 0 Å². The van der Waals surface area contributed by atoms with Gasteiger partial charge in [0.1, 0.15) is 7.11 Å². The first-order valence-electron chi connectivity index (χ1n) is 9.10. The van der Waals surface area contributed by atoms with E-state index in [4.69, 9.17) is 4.84 Å². The average molecular weight is 361 g/mol. The minimum absolute atomic E-state index is 0.0135. The van der Waals surface area contributed by atoms with E-state index in [9.17, 15) is 4.79 Å². The van der Waals surface area contributed by atoms with Crippen LogP contribution in [-0.4, -0.2) is 27.0 Å². The van der Waals surface area contributed by atoms with Crippen molar-refractivity contribution in [2.45, 2.75) is 65.6 Å². The van der Waals surface area contributed by atoms with E-state index in [1.54, 1.807) is 0 Å². The summed E-state index contributed by atoms with van der Waals surface area (Å²) in [4.78, 5) is 18.3. The molecule has 1 aliphatic rings. The largest absolute Gasteiger partial charge is 0.398 e. The zero-order chi connectivity index (χ0) is 19.0. The van der Waals surface area contributed by atoms with Gasteiger partial charge in [-0.25, -0.2) is 0 Å². The number of hydrogen-bond donors (Lipinski definition) is 0. The van der Waals surface area contributed by atoms with E-state index in [1.807, 2.05) is 12.1 Å². The van der Waals surface area contributed by atoms with Crippen LogP contribution in [0, 0.1) is 5.92 Å². The molecule has 0 saturated heterocycles. The highest BCUT2D eigenvalue weighted by molar-refractivity contribution is 6.90. The second-order valence-corrected chi connectivity index (χ2v) is 13.9. The van der Waals surface area contributed by atoms with Crippen molar-refractivity contribution in [2.75, 3.05) is 11.7 Å². The van der Waals surface area contributed by atoms with Gasteiger partial charge in [0, 0.05) is 11.3 Å². The van der Waals surface area contributed by atoms with Crippen molar-refractivity contribution in [3.63, 3.8) is 0 Å². The summed E-state index contributed by atoms with van der Waals surface area (Å²) in [5.41, 5.74) is 3.66. The van der Waals surface area contributed by atoms with Crippen LogP contribution in [0.4, 0.5) is 5.69 Å². The maximum Gasteiger partial charge on any atom is 0.273 e. The molecule has 0 saturated carbocycles. The SMILES string of the molecule is CO/N=C1\C(=O)N([Si](C)(C)C(C)(C)C)c2c(CCC(C)C)cccc21. The number of anilines is 1. The molecule has 0 unspecified atom stereocenters. The van der Waals surface area contributed by atoms with E-state index >= 15 is 0 Å². The maximum absolute atomic E-state index is 13.3. The molecule has 1 amide bonds. The van der Waals surface area contributed by atoms with E-state index in [1.165, 1.54) is 12.7 Å². The molecule has 0 aromatic heterocycles. The van der Waals surface area contributed by atoms with Crippen LogP contribution >= 0.6 is 0 Å². The minimum atomic E-state index is -2.10. The topological polar surface area (TPSA) is 41.9 Å². The Morgan fingerprint density at radius 3 is 2.40 bits per heavy atom. The van der Waals surface area contributed by atoms with Gasteiger partial charge in [-0.05, 0) is 29.4 Å². The molecule has 0 atom stereocenters. The second-order valence-electron chi connectivity index (χ2n) is 8.82. The van der Waals surface area contributed by atoms with Crippen molar-refractivity contribution in [2.24, 2.45) is 11.1 Å². The van der Waals surface area contributed by atoms with Crippen molar-refractivity contribution >= 4 is 25.5 Å². The lowest BCUT2D eigenvalue weighted by atomic mass is 9.99. The van der Waals surface area contributed by atoms with Crippen LogP contribution in [0.3, 0.4) is 0 Å². The van der Waals surface area contributed by atoms with Crippen molar-refractivity contribution in [3.05, 3.63) is 29.3 Å². The second kappa shape index (κ2) is 6.94. The molecule has 4 nitrogen and oxygen atoms in total. The Morgan fingerprint density at radius 1 is 1.24 bits per heavy atom. The van der Waals surface area contributed by atoms with E-state index < -0.39 is 8.24 Å². The summed E-state index contributed by atoms with van der Waals surface area (Å²) in [5, 5.41) is 4.13. The van der Waals surface area contributed by atoms with Gasteiger partial charge in [0.2, 0.25) is 0 Å². The molecule has 0 fully saturated rings. The lowest BCUT2D eigenvalue weighted by molar-refractivity contribution is -0.111. The predicted molar refractivity (Wildman–Crippen MR) is 108 cm³/mol. The normalized spacial score (nSPS) is 16.8. The van der Waals surface area contributed by atoms with Crippen LogP contribution in [0.15, 0.2) is 23.4 Å². The summed E-state index contributed by atoms with van der Waals surface area (Å²) < 4.78 is 2.08. The van der Waals surface area contributed by atoms with Crippen LogP contribution in [0.5, 0.6) is 0 Å². The third-order valence-electron chi connectivity index (χ3n) is 5.57. The van der Waals surface area contributed by atoms with Crippen LogP contribution in [0.25, 0.3) is 0 Å². The van der Waals surface area contributed by atoms with Gasteiger partial charge in [-0.3, -0.25) is 4.79 Å². The third kappa shape index (κ3) is 3.52. The molecular weight excluding hydrogens is 328 g/mol. The van der Waals surface area contributed by atoms with Gasteiger partial charge in [-0.15, -0.1) is 0 Å². The Kier molecular flexibility index (Phi) is 5.47. The molecule has 0 N–H and O–H groups in total. The quantitative estimate of drug-likeness (QED) is 0.549. The molecule has 5 heteroatoms. The van der Waals surface area contributed by atoms with Crippen LogP contribution < -0.4 is 4.57 Å². The lowest BCUT2D eigenvalue weighted by Crippen LogP contribution is -2.57. The highest BCUT2D eigenvalue weighted by atomic mass is 28.3. The summed E-state index contributed by atoms with van der Waals surface area (Å²) in [7, 11) is -0.600. The fraction of sp³-hybridized carbons (Fsp3) is 0.600. The Balaban J connectivity index is 2.66. The van der Waals surface area contributed by atoms with E-state index in [2.05, 4.69) is 63.5 Å². The summed E-state index contributed by atoms with van der Waals surface area (Å²) >= 11 is 0. The van der Waals surface area contributed by atoms with Crippen molar-refractivity contribution in [3.8, 4) is 0 Å². The number of nitrogens with zero attached hydrogens (tertiary/aromatic N) is 2. The first-order valence-corrected chi connectivity index (χ1v) is 12.0. The maximum atomic E-state index is 13.3. The fourth-order valence-electron chi connectivity index (χ4n) is 3.06. The molecule has 1 aromatic carbocycles. The van der Waals surface area contributed by atoms with Crippen molar-refractivity contribution in [1.82, 2.24) is 0 Å². The number of rotatable bonds is 5. The summed E-state index contributed by atoms with van der Waals surface area (Å²) in [6, 6.07) is 6.18. The number of carbonyl (C=O) groups is 1. The van der Waals surface area contributed by atoms with Crippen LogP contribution in [0.2, 0.25) is 18.1 Å². The van der Waals surface area contributed by atoms with Crippen LogP contribution in [0.1, 0.15) is 52.2 Å². The Morgan fingerprint density at radius 2 is 1.88 bits per heavy atom. The minimum Gasteiger partial charge on any atom is -0.398 e. The number of benzene rings is 1. The summed E-state index contributed by atoms with van der Waals surface area (Å²) in [5.74, 6) is 0.613. The first kappa shape index (κ1) is 19.7. The number of amides is 1. The monoisotopic (exact) mass is 360 g/mol. The predicted octanol–water partition coefficient (Wildman–Crippen LogP) is 4.98. The van der Waals surface area contributed by atoms with Gasteiger partial charge in [-0.2, -0.15) is 0 Å². The molecule has 0 bridgehead atoms. The average Bonchev–Trinajstić information content (AvgIpc) is 2.78. The molecule has 2 rings (SSSR count). The third-order valence-corrected chi connectivity index (χ3v) is 10.8. The molecule has 1 aromatic rings. The zero-order valence-electron chi connectivity index (χ0n) is 16.9. The molecule has 1 aliphatic heterocycles. The smallest absolute Gasteiger partial charge is 0.273 e. The number of aryl methyl sites for hydroxylation is 1. The highest BCUT2D eigenvalue weighted by Crippen LogP contribution is 2.45.